The minimum Gasteiger partial charge on any atom is -0.478 e. The van der Waals surface area contributed by atoms with Crippen molar-refractivity contribution in [1.29, 1.82) is 0 Å². The molecule has 0 unspecified atom stereocenters. The zero-order valence-corrected chi connectivity index (χ0v) is 12.5. The number of rotatable bonds is 4. The second-order valence-corrected chi connectivity index (χ2v) is 5.01. The Balaban J connectivity index is 2.04. The first-order valence-electron chi connectivity index (χ1n) is 6.00. The predicted octanol–water partition coefficient (Wildman–Crippen LogP) is 3.93. The van der Waals surface area contributed by atoms with E-state index in [2.05, 4.69) is 10.3 Å². The van der Waals surface area contributed by atoms with E-state index in [0.717, 1.165) is 0 Å². The second kappa shape index (κ2) is 6.74. The van der Waals surface area contributed by atoms with Crippen LogP contribution >= 0.6 is 23.2 Å². The number of ether oxygens (including phenoxy) is 1. The largest absolute Gasteiger partial charge is 0.478 e. The number of halogens is 3. The molecule has 0 aliphatic carbocycles. The van der Waals surface area contributed by atoms with E-state index in [1.807, 2.05) is 0 Å². The average molecular weight is 329 g/mol. The summed E-state index contributed by atoms with van der Waals surface area (Å²) in [6.07, 6.45) is 0.432. The predicted molar refractivity (Wildman–Crippen MR) is 79.4 cm³/mol. The fraction of sp³-hybridized carbons (Fsp3) is 0.143. The van der Waals surface area contributed by atoms with Gasteiger partial charge in [0.15, 0.2) is 23.5 Å². The van der Waals surface area contributed by atoms with Crippen molar-refractivity contribution in [1.82, 2.24) is 4.98 Å². The van der Waals surface area contributed by atoms with Crippen LogP contribution in [0.3, 0.4) is 0 Å². The van der Waals surface area contributed by atoms with Crippen molar-refractivity contribution in [3.05, 3.63) is 52.4 Å². The lowest BCUT2D eigenvalue weighted by Crippen LogP contribution is -2.30. The molecule has 2 aromatic rings. The van der Waals surface area contributed by atoms with Gasteiger partial charge in [-0.1, -0.05) is 35.3 Å². The maximum Gasteiger partial charge on any atom is 0.266 e. The lowest BCUT2D eigenvalue weighted by atomic mass is 10.3. The molecule has 1 aromatic heterocycles. The number of carbonyl (C=O) groups excluding carboxylic acids is 1. The van der Waals surface area contributed by atoms with Gasteiger partial charge < -0.3 is 10.1 Å². The van der Waals surface area contributed by atoms with Gasteiger partial charge in [-0.15, -0.1) is 0 Å². The highest BCUT2D eigenvalue weighted by molar-refractivity contribution is 6.36. The quantitative estimate of drug-likeness (QED) is 0.924. The van der Waals surface area contributed by atoms with Crippen LogP contribution in [-0.4, -0.2) is 17.0 Å². The Hall–Kier alpha value is -1.85. The SMILES string of the molecule is C[C@H](Oc1ccccc1F)C(=O)Nc1ncc(Cl)cc1Cl. The zero-order chi connectivity index (χ0) is 15.4. The first-order chi connectivity index (χ1) is 9.97. The molecule has 1 heterocycles. The van der Waals surface area contributed by atoms with Gasteiger partial charge in [-0.25, -0.2) is 9.37 Å². The summed E-state index contributed by atoms with van der Waals surface area (Å²) < 4.78 is 18.7. The van der Waals surface area contributed by atoms with E-state index in [0.29, 0.717) is 5.02 Å². The molecular formula is C14H11Cl2FN2O2. The Morgan fingerprint density at radius 3 is 2.76 bits per heavy atom. The Labute approximate surface area is 130 Å². The van der Waals surface area contributed by atoms with Crippen LogP contribution in [0, 0.1) is 5.82 Å². The fourth-order valence-electron chi connectivity index (χ4n) is 1.51. The van der Waals surface area contributed by atoms with Crippen LogP contribution in [0.1, 0.15) is 6.92 Å². The Morgan fingerprint density at radius 1 is 1.38 bits per heavy atom. The number of hydrogen-bond donors (Lipinski definition) is 1. The number of benzene rings is 1. The number of amides is 1. The van der Waals surface area contributed by atoms with Gasteiger partial charge >= 0.3 is 0 Å². The molecule has 21 heavy (non-hydrogen) atoms. The minimum absolute atomic E-state index is 0.00434. The van der Waals surface area contributed by atoms with E-state index in [-0.39, 0.29) is 16.6 Å². The molecule has 0 saturated heterocycles. The highest BCUT2D eigenvalue weighted by atomic mass is 35.5. The number of carbonyl (C=O) groups is 1. The third kappa shape index (κ3) is 4.06. The van der Waals surface area contributed by atoms with Crippen molar-refractivity contribution in [2.75, 3.05) is 5.32 Å². The molecule has 1 atom stereocenters. The van der Waals surface area contributed by atoms with E-state index in [9.17, 15) is 9.18 Å². The summed E-state index contributed by atoms with van der Waals surface area (Å²) >= 11 is 11.6. The molecule has 4 nitrogen and oxygen atoms in total. The van der Waals surface area contributed by atoms with Crippen molar-refractivity contribution >= 4 is 34.9 Å². The first kappa shape index (κ1) is 15.5. The van der Waals surface area contributed by atoms with Crippen molar-refractivity contribution in [2.45, 2.75) is 13.0 Å². The average Bonchev–Trinajstić information content (AvgIpc) is 2.44. The molecule has 0 bridgehead atoms. The molecule has 0 saturated carbocycles. The Kier molecular flexibility index (Phi) is 4.98. The van der Waals surface area contributed by atoms with E-state index in [1.54, 1.807) is 6.07 Å². The smallest absolute Gasteiger partial charge is 0.266 e. The van der Waals surface area contributed by atoms with Crippen LogP contribution < -0.4 is 10.1 Å². The molecule has 1 N–H and O–H groups in total. The Morgan fingerprint density at radius 2 is 2.10 bits per heavy atom. The summed E-state index contributed by atoms with van der Waals surface area (Å²) in [5, 5.41) is 3.05. The molecule has 1 aromatic carbocycles. The van der Waals surface area contributed by atoms with Crippen LogP contribution in [0.2, 0.25) is 10.0 Å². The minimum atomic E-state index is -0.921. The standard InChI is InChI=1S/C14H11Cl2FN2O2/c1-8(21-12-5-3-2-4-11(12)17)14(20)19-13-10(16)6-9(15)7-18-13/h2-8H,1H3,(H,18,19,20)/t8-/m0/s1. The lowest BCUT2D eigenvalue weighted by molar-refractivity contribution is -0.122. The molecular weight excluding hydrogens is 318 g/mol. The van der Waals surface area contributed by atoms with Crippen LogP contribution in [0.4, 0.5) is 10.2 Å². The maximum atomic E-state index is 13.4. The number of nitrogens with zero attached hydrogens (tertiary/aromatic N) is 1. The molecule has 0 fully saturated rings. The van der Waals surface area contributed by atoms with Crippen molar-refractivity contribution in [3.63, 3.8) is 0 Å². The molecule has 110 valence electrons. The number of hydrogen-bond acceptors (Lipinski definition) is 3. The topological polar surface area (TPSA) is 51.2 Å². The normalized spacial score (nSPS) is 11.8. The number of pyridine rings is 1. The second-order valence-electron chi connectivity index (χ2n) is 4.16. The van der Waals surface area contributed by atoms with Gasteiger partial charge in [-0.3, -0.25) is 4.79 Å². The van der Waals surface area contributed by atoms with Gasteiger partial charge in [0, 0.05) is 6.20 Å². The summed E-state index contributed by atoms with van der Waals surface area (Å²) in [5.41, 5.74) is 0. The number of aromatic nitrogens is 1. The lowest BCUT2D eigenvalue weighted by Gasteiger charge is -2.15. The molecule has 1 amide bonds. The van der Waals surface area contributed by atoms with E-state index in [4.69, 9.17) is 27.9 Å². The summed E-state index contributed by atoms with van der Waals surface area (Å²) in [6, 6.07) is 7.28. The van der Waals surface area contributed by atoms with E-state index in [1.165, 1.54) is 37.4 Å². The van der Waals surface area contributed by atoms with Gasteiger partial charge in [-0.2, -0.15) is 0 Å². The molecule has 0 aliphatic rings. The molecule has 7 heteroatoms. The van der Waals surface area contributed by atoms with Crippen molar-refractivity contribution in [3.8, 4) is 5.75 Å². The summed E-state index contributed by atoms with van der Waals surface area (Å²) in [5.74, 6) is -0.889. The number of anilines is 1. The van der Waals surface area contributed by atoms with Crippen LogP contribution in [0.5, 0.6) is 5.75 Å². The summed E-state index contributed by atoms with van der Waals surface area (Å²) in [7, 11) is 0. The van der Waals surface area contributed by atoms with E-state index >= 15 is 0 Å². The van der Waals surface area contributed by atoms with Crippen molar-refractivity contribution in [2.24, 2.45) is 0 Å². The maximum absolute atomic E-state index is 13.4. The van der Waals surface area contributed by atoms with E-state index < -0.39 is 17.8 Å². The molecule has 0 spiro atoms. The molecule has 0 aliphatic heterocycles. The monoisotopic (exact) mass is 328 g/mol. The third-order valence-electron chi connectivity index (χ3n) is 2.56. The van der Waals surface area contributed by atoms with Gasteiger partial charge in [0.05, 0.1) is 10.0 Å². The Bertz CT molecular complexity index is 667. The highest BCUT2D eigenvalue weighted by Gasteiger charge is 2.18. The van der Waals surface area contributed by atoms with Gasteiger partial charge in [-0.05, 0) is 25.1 Å². The summed E-state index contributed by atoms with van der Waals surface area (Å²) in [6.45, 7) is 1.49. The third-order valence-corrected chi connectivity index (χ3v) is 3.05. The molecule has 0 radical (unpaired) electrons. The number of nitrogens with one attached hydrogen (secondary N) is 1. The zero-order valence-electron chi connectivity index (χ0n) is 10.9. The summed E-state index contributed by atoms with van der Waals surface area (Å²) in [4.78, 5) is 15.9. The highest BCUT2D eigenvalue weighted by Crippen LogP contribution is 2.23. The van der Waals surface area contributed by atoms with Crippen LogP contribution in [0.25, 0.3) is 0 Å². The van der Waals surface area contributed by atoms with Crippen molar-refractivity contribution < 1.29 is 13.9 Å². The molecule has 2 rings (SSSR count). The van der Waals surface area contributed by atoms with Gasteiger partial charge in [0.25, 0.3) is 5.91 Å². The number of para-hydroxylation sites is 1. The van der Waals surface area contributed by atoms with Gasteiger partial charge in [0.2, 0.25) is 0 Å². The van der Waals surface area contributed by atoms with Crippen LogP contribution in [0.15, 0.2) is 36.5 Å². The first-order valence-corrected chi connectivity index (χ1v) is 6.76. The van der Waals surface area contributed by atoms with Gasteiger partial charge in [0.1, 0.15) is 0 Å². The van der Waals surface area contributed by atoms with Crippen LogP contribution in [-0.2, 0) is 4.79 Å². The fourth-order valence-corrected chi connectivity index (χ4v) is 1.94.